The quantitative estimate of drug-likeness (QED) is 0.567. The van der Waals surface area contributed by atoms with Crippen molar-refractivity contribution in [2.45, 2.75) is 12.8 Å². The van der Waals surface area contributed by atoms with Gasteiger partial charge < -0.3 is 19.7 Å². The SMILES string of the molecule is CN(C)c1ccc(-c2nc3ncc(Br)c(N4CCN(CC(=O)N5CCCC5)CC4)c3[nH]2)cc1. The number of rotatable bonds is 5. The second-order valence-corrected chi connectivity index (χ2v) is 9.89. The Labute approximate surface area is 202 Å². The molecule has 33 heavy (non-hydrogen) atoms. The van der Waals surface area contributed by atoms with Crippen LogP contribution in [0, 0.1) is 0 Å². The Morgan fingerprint density at radius 2 is 1.76 bits per heavy atom. The molecule has 4 heterocycles. The van der Waals surface area contributed by atoms with E-state index in [1.165, 1.54) is 0 Å². The molecule has 174 valence electrons. The number of aromatic nitrogens is 3. The van der Waals surface area contributed by atoms with Crippen molar-refractivity contribution < 1.29 is 4.79 Å². The van der Waals surface area contributed by atoms with E-state index >= 15 is 0 Å². The van der Waals surface area contributed by atoms with Crippen molar-refractivity contribution in [1.82, 2.24) is 24.8 Å². The van der Waals surface area contributed by atoms with E-state index in [-0.39, 0.29) is 5.91 Å². The first-order valence-electron chi connectivity index (χ1n) is 11.6. The summed E-state index contributed by atoms with van der Waals surface area (Å²) in [6.45, 7) is 5.80. The van der Waals surface area contributed by atoms with Crippen molar-refractivity contribution in [3.63, 3.8) is 0 Å². The van der Waals surface area contributed by atoms with Gasteiger partial charge in [0.2, 0.25) is 5.91 Å². The van der Waals surface area contributed by atoms with E-state index in [1.807, 2.05) is 25.2 Å². The zero-order chi connectivity index (χ0) is 22.9. The highest BCUT2D eigenvalue weighted by Crippen LogP contribution is 2.34. The van der Waals surface area contributed by atoms with Gasteiger partial charge in [-0.15, -0.1) is 0 Å². The molecule has 9 heteroatoms. The summed E-state index contributed by atoms with van der Waals surface area (Å²) in [4.78, 5) is 34.1. The second kappa shape index (κ2) is 9.30. The van der Waals surface area contributed by atoms with Gasteiger partial charge in [0.05, 0.1) is 16.7 Å². The maximum Gasteiger partial charge on any atom is 0.236 e. The van der Waals surface area contributed by atoms with Crippen LogP contribution in [0.3, 0.4) is 0 Å². The van der Waals surface area contributed by atoms with Crippen molar-refractivity contribution in [3.8, 4) is 11.4 Å². The van der Waals surface area contributed by atoms with E-state index in [2.05, 4.69) is 64.9 Å². The van der Waals surface area contributed by atoms with Crippen LogP contribution in [0.25, 0.3) is 22.6 Å². The Hall–Kier alpha value is -2.65. The number of likely N-dealkylation sites (tertiary alicyclic amines) is 1. The highest BCUT2D eigenvalue weighted by Gasteiger charge is 2.26. The molecule has 8 nitrogen and oxygen atoms in total. The van der Waals surface area contributed by atoms with Gasteiger partial charge in [-0.25, -0.2) is 9.97 Å². The lowest BCUT2D eigenvalue weighted by molar-refractivity contribution is -0.131. The Balaban J connectivity index is 1.33. The number of carbonyl (C=O) groups is 1. The third-order valence-corrected chi connectivity index (χ3v) is 7.19. The zero-order valence-corrected chi connectivity index (χ0v) is 20.8. The lowest BCUT2D eigenvalue weighted by Crippen LogP contribution is -2.50. The molecule has 0 spiro atoms. The topological polar surface area (TPSA) is 71.6 Å². The Bertz CT molecular complexity index is 1130. The maximum atomic E-state index is 12.5. The van der Waals surface area contributed by atoms with Crippen LogP contribution in [0.4, 0.5) is 11.4 Å². The zero-order valence-electron chi connectivity index (χ0n) is 19.2. The van der Waals surface area contributed by atoms with Crippen LogP contribution in [0.15, 0.2) is 34.9 Å². The molecule has 0 radical (unpaired) electrons. The number of aromatic amines is 1. The molecular weight excluding hydrogens is 482 g/mol. The lowest BCUT2D eigenvalue weighted by Gasteiger charge is -2.36. The molecule has 0 saturated carbocycles. The molecule has 3 aromatic rings. The minimum absolute atomic E-state index is 0.270. The summed E-state index contributed by atoms with van der Waals surface area (Å²) in [7, 11) is 4.07. The largest absolute Gasteiger partial charge is 0.378 e. The van der Waals surface area contributed by atoms with Crippen LogP contribution in [0.2, 0.25) is 0 Å². The number of amides is 1. The summed E-state index contributed by atoms with van der Waals surface area (Å²) in [5.41, 5.74) is 4.93. The summed E-state index contributed by atoms with van der Waals surface area (Å²) in [6, 6.07) is 8.35. The first-order valence-corrected chi connectivity index (χ1v) is 12.4. The predicted molar refractivity (Wildman–Crippen MR) is 136 cm³/mol. The number of fused-ring (bicyclic) bond motifs is 1. The normalized spacial score (nSPS) is 17.2. The summed E-state index contributed by atoms with van der Waals surface area (Å²) >= 11 is 3.71. The van der Waals surface area contributed by atoms with Gasteiger partial charge in [-0.1, -0.05) is 0 Å². The number of piperazine rings is 1. The average molecular weight is 512 g/mol. The first kappa shape index (κ1) is 22.2. The fourth-order valence-corrected chi connectivity index (χ4v) is 5.22. The monoisotopic (exact) mass is 511 g/mol. The van der Waals surface area contributed by atoms with Crippen molar-refractivity contribution in [3.05, 3.63) is 34.9 Å². The van der Waals surface area contributed by atoms with E-state index in [0.29, 0.717) is 12.2 Å². The van der Waals surface area contributed by atoms with Crippen molar-refractivity contribution in [2.75, 3.05) is 69.7 Å². The van der Waals surface area contributed by atoms with Crippen LogP contribution in [0.1, 0.15) is 12.8 Å². The number of benzene rings is 1. The number of pyridine rings is 1. The van der Waals surface area contributed by atoms with Gasteiger partial charge in [0.15, 0.2) is 5.65 Å². The fourth-order valence-electron chi connectivity index (χ4n) is 4.67. The predicted octanol–water partition coefficient (Wildman–Crippen LogP) is 3.20. The molecule has 1 N–H and O–H groups in total. The Kier molecular flexibility index (Phi) is 6.25. The summed E-state index contributed by atoms with van der Waals surface area (Å²) in [6.07, 6.45) is 4.11. The minimum atomic E-state index is 0.270. The van der Waals surface area contributed by atoms with Crippen molar-refractivity contribution in [1.29, 1.82) is 0 Å². The number of hydrogen-bond acceptors (Lipinski definition) is 6. The number of anilines is 2. The van der Waals surface area contributed by atoms with Gasteiger partial charge in [-0.05, 0) is 53.0 Å². The van der Waals surface area contributed by atoms with Gasteiger partial charge in [0, 0.05) is 70.8 Å². The lowest BCUT2D eigenvalue weighted by atomic mass is 10.2. The second-order valence-electron chi connectivity index (χ2n) is 9.03. The third-order valence-electron chi connectivity index (χ3n) is 6.61. The molecule has 2 saturated heterocycles. The fraction of sp³-hybridized carbons (Fsp3) is 0.458. The molecule has 1 amide bonds. The molecule has 0 unspecified atom stereocenters. The molecule has 0 aliphatic carbocycles. The van der Waals surface area contributed by atoms with Gasteiger partial charge in [-0.3, -0.25) is 9.69 Å². The van der Waals surface area contributed by atoms with E-state index in [4.69, 9.17) is 4.98 Å². The molecule has 0 atom stereocenters. The van der Waals surface area contributed by atoms with E-state index in [9.17, 15) is 4.79 Å². The Morgan fingerprint density at radius 1 is 1.06 bits per heavy atom. The summed E-state index contributed by atoms with van der Waals surface area (Å²) in [5.74, 6) is 1.09. The molecule has 2 fully saturated rings. The van der Waals surface area contributed by atoms with Crippen LogP contribution in [-0.2, 0) is 4.79 Å². The number of imidazole rings is 1. The van der Waals surface area contributed by atoms with Crippen molar-refractivity contribution >= 4 is 44.4 Å². The van der Waals surface area contributed by atoms with E-state index in [1.54, 1.807) is 0 Å². The highest BCUT2D eigenvalue weighted by molar-refractivity contribution is 9.10. The van der Waals surface area contributed by atoms with Crippen LogP contribution in [-0.4, -0.2) is 90.6 Å². The molecule has 2 aliphatic heterocycles. The number of carbonyl (C=O) groups excluding carboxylic acids is 1. The minimum Gasteiger partial charge on any atom is -0.378 e. The van der Waals surface area contributed by atoms with Gasteiger partial charge in [0.1, 0.15) is 11.3 Å². The molecule has 5 rings (SSSR count). The van der Waals surface area contributed by atoms with Crippen molar-refractivity contribution in [2.24, 2.45) is 0 Å². The first-order chi connectivity index (χ1) is 16.0. The molecule has 1 aromatic carbocycles. The number of hydrogen-bond donors (Lipinski definition) is 1. The average Bonchev–Trinajstić information content (AvgIpc) is 3.50. The highest BCUT2D eigenvalue weighted by atomic mass is 79.9. The summed E-state index contributed by atoms with van der Waals surface area (Å²) < 4.78 is 0.953. The van der Waals surface area contributed by atoms with Crippen LogP contribution >= 0.6 is 15.9 Å². The Morgan fingerprint density at radius 3 is 2.42 bits per heavy atom. The molecular formula is C24H30BrN7O. The number of halogens is 1. The smallest absolute Gasteiger partial charge is 0.236 e. The number of H-pyrrole nitrogens is 1. The van der Waals surface area contributed by atoms with Gasteiger partial charge in [-0.2, -0.15) is 0 Å². The summed E-state index contributed by atoms with van der Waals surface area (Å²) in [5, 5.41) is 0. The molecule has 2 aliphatic rings. The van der Waals surface area contributed by atoms with Crippen LogP contribution in [0.5, 0.6) is 0 Å². The van der Waals surface area contributed by atoms with Gasteiger partial charge in [0.25, 0.3) is 0 Å². The van der Waals surface area contributed by atoms with E-state index in [0.717, 1.165) is 84.9 Å². The third kappa shape index (κ3) is 4.56. The van der Waals surface area contributed by atoms with Gasteiger partial charge >= 0.3 is 0 Å². The standard InChI is InChI=1S/C24H30BrN7O/c1-29(2)18-7-5-17(6-8-18)23-27-21-22(19(25)15-26-24(21)28-23)32-13-11-30(12-14-32)16-20(33)31-9-3-4-10-31/h5-8,15H,3-4,9-14,16H2,1-2H3,(H,26,27,28). The molecule has 2 aromatic heterocycles. The number of nitrogens with zero attached hydrogens (tertiary/aromatic N) is 6. The number of nitrogens with one attached hydrogen (secondary N) is 1. The van der Waals surface area contributed by atoms with Crippen LogP contribution < -0.4 is 9.80 Å². The van der Waals surface area contributed by atoms with E-state index < -0.39 is 0 Å². The molecule has 0 bridgehead atoms. The maximum absolute atomic E-state index is 12.5.